The van der Waals surface area contributed by atoms with Crippen LogP contribution in [-0.4, -0.2) is 31.3 Å². The van der Waals surface area contributed by atoms with Crippen LogP contribution in [0.4, 0.5) is 0 Å². The number of ether oxygens (including phenoxy) is 2. The van der Waals surface area contributed by atoms with Gasteiger partial charge in [0.05, 0.1) is 13.2 Å². The van der Waals surface area contributed by atoms with E-state index < -0.39 is 0 Å². The second-order valence-corrected chi connectivity index (χ2v) is 2.88. The number of fused-ring (bicyclic) bond motifs is 1. The monoisotopic (exact) mass is 156 g/mol. The number of hydrazone groups is 1. The van der Waals surface area contributed by atoms with E-state index in [1.54, 1.807) is 0 Å². The van der Waals surface area contributed by atoms with E-state index in [0.717, 1.165) is 12.1 Å². The van der Waals surface area contributed by atoms with Crippen molar-refractivity contribution in [3.8, 4) is 0 Å². The van der Waals surface area contributed by atoms with Crippen LogP contribution in [0.25, 0.3) is 0 Å². The van der Waals surface area contributed by atoms with Crippen LogP contribution in [-0.2, 0) is 9.47 Å². The molecule has 2 aliphatic heterocycles. The maximum atomic E-state index is 5.48. The zero-order valence-electron chi connectivity index (χ0n) is 6.54. The molecule has 4 heteroatoms. The van der Waals surface area contributed by atoms with Crippen LogP contribution in [0.15, 0.2) is 5.10 Å². The summed E-state index contributed by atoms with van der Waals surface area (Å²) in [5.74, 6) is 0. The van der Waals surface area contributed by atoms with Crippen LogP contribution < -0.4 is 5.43 Å². The van der Waals surface area contributed by atoms with E-state index in [1.165, 1.54) is 0 Å². The Morgan fingerprint density at radius 1 is 1.45 bits per heavy atom. The van der Waals surface area contributed by atoms with E-state index >= 15 is 0 Å². The first-order valence-electron chi connectivity index (χ1n) is 3.88. The Balaban J connectivity index is 2.04. The molecule has 0 aromatic carbocycles. The molecule has 2 rings (SSSR count). The molecule has 0 aromatic heterocycles. The second kappa shape index (κ2) is 2.79. The highest BCUT2D eigenvalue weighted by Gasteiger charge is 2.29. The summed E-state index contributed by atoms with van der Waals surface area (Å²) in [4.78, 5) is 0. The smallest absolute Gasteiger partial charge is 0.169 e. The van der Waals surface area contributed by atoms with Gasteiger partial charge in [-0.2, -0.15) is 5.10 Å². The summed E-state index contributed by atoms with van der Waals surface area (Å²) in [7, 11) is 0. The molecule has 0 aromatic rings. The standard InChI is InChI=1S/C7H12N2O2/c1-5-4-6-7(9-8-5)11-3-2-10-6/h6-7,9H,2-4H2,1H3. The quantitative estimate of drug-likeness (QED) is 0.540. The van der Waals surface area contributed by atoms with Gasteiger partial charge in [-0.3, -0.25) is 5.43 Å². The van der Waals surface area contributed by atoms with Crippen molar-refractivity contribution in [3.05, 3.63) is 0 Å². The highest BCUT2D eigenvalue weighted by Crippen LogP contribution is 2.15. The van der Waals surface area contributed by atoms with Crippen molar-refractivity contribution >= 4 is 5.71 Å². The molecule has 11 heavy (non-hydrogen) atoms. The minimum Gasteiger partial charge on any atom is -0.371 e. The molecule has 2 heterocycles. The fourth-order valence-electron chi connectivity index (χ4n) is 1.37. The molecule has 1 fully saturated rings. The Hall–Kier alpha value is -0.610. The van der Waals surface area contributed by atoms with Gasteiger partial charge in [0.1, 0.15) is 6.10 Å². The normalized spacial score (nSPS) is 37.0. The number of nitrogens with zero attached hydrogens (tertiary/aromatic N) is 1. The van der Waals surface area contributed by atoms with Crippen molar-refractivity contribution < 1.29 is 9.47 Å². The van der Waals surface area contributed by atoms with E-state index in [0.29, 0.717) is 13.2 Å². The Morgan fingerprint density at radius 3 is 3.18 bits per heavy atom. The molecule has 2 atom stereocenters. The number of hydrogen-bond acceptors (Lipinski definition) is 4. The zero-order valence-corrected chi connectivity index (χ0v) is 6.54. The lowest BCUT2D eigenvalue weighted by atomic mass is 10.1. The van der Waals surface area contributed by atoms with Gasteiger partial charge in [-0.15, -0.1) is 0 Å². The molecule has 0 amide bonds. The van der Waals surface area contributed by atoms with Crippen molar-refractivity contribution in [2.75, 3.05) is 13.2 Å². The topological polar surface area (TPSA) is 42.9 Å². The molecule has 4 nitrogen and oxygen atoms in total. The van der Waals surface area contributed by atoms with Gasteiger partial charge in [-0.1, -0.05) is 0 Å². The van der Waals surface area contributed by atoms with Gasteiger partial charge in [0.25, 0.3) is 0 Å². The Morgan fingerprint density at radius 2 is 2.27 bits per heavy atom. The van der Waals surface area contributed by atoms with Crippen molar-refractivity contribution in [1.29, 1.82) is 0 Å². The second-order valence-electron chi connectivity index (χ2n) is 2.88. The number of hydrogen-bond donors (Lipinski definition) is 1. The molecule has 0 aliphatic carbocycles. The zero-order chi connectivity index (χ0) is 7.68. The summed E-state index contributed by atoms with van der Waals surface area (Å²) in [5.41, 5.74) is 3.99. The molecular formula is C7H12N2O2. The first-order chi connectivity index (χ1) is 5.36. The lowest BCUT2D eigenvalue weighted by Crippen LogP contribution is -2.49. The summed E-state index contributed by atoms with van der Waals surface area (Å²) in [6.07, 6.45) is 1.03. The highest BCUT2D eigenvalue weighted by molar-refractivity contribution is 5.82. The van der Waals surface area contributed by atoms with Gasteiger partial charge in [0.15, 0.2) is 6.23 Å². The number of nitrogens with one attached hydrogen (secondary N) is 1. The minimum atomic E-state index is -0.0209. The molecule has 1 N–H and O–H groups in total. The Kier molecular flexibility index (Phi) is 1.79. The number of rotatable bonds is 0. The van der Waals surface area contributed by atoms with E-state index in [4.69, 9.17) is 9.47 Å². The van der Waals surface area contributed by atoms with Crippen molar-refractivity contribution in [3.63, 3.8) is 0 Å². The van der Waals surface area contributed by atoms with E-state index in [9.17, 15) is 0 Å². The predicted molar refractivity (Wildman–Crippen MR) is 40.3 cm³/mol. The third-order valence-electron chi connectivity index (χ3n) is 1.93. The Labute approximate surface area is 65.6 Å². The van der Waals surface area contributed by atoms with Crippen molar-refractivity contribution in [1.82, 2.24) is 5.43 Å². The maximum absolute atomic E-state index is 5.48. The van der Waals surface area contributed by atoms with Gasteiger partial charge >= 0.3 is 0 Å². The molecule has 0 saturated carbocycles. The maximum Gasteiger partial charge on any atom is 0.169 e. The van der Waals surface area contributed by atoms with Gasteiger partial charge in [0.2, 0.25) is 0 Å². The summed E-state index contributed by atoms with van der Waals surface area (Å²) < 4.78 is 10.9. The van der Waals surface area contributed by atoms with Gasteiger partial charge in [-0.25, -0.2) is 0 Å². The van der Waals surface area contributed by atoms with Gasteiger partial charge in [0, 0.05) is 12.1 Å². The van der Waals surface area contributed by atoms with Crippen molar-refractivity contribution in [2.45, 2.75) is 25.7 Å². The van der Waals surface area contributed by atoms with Crippen LogP contribution in [0, 0.1) is 0 Å². The highest BCUT2D eigenvalue weighted by atomic mass is 16.6. The molecule has 0 radical (unpaired) electrons. The fraction of sp³-hybridized carbons (Fsp3) is 0.857. The molecule has 2 aliphatic rings. The summed E-state index contributed by atoms with van der Waals surface area (Å²) >= 11 is 0. The Bertz CT molecular complexity index is 181. The van der Waals surface area contributed by atoms with E-state index in [-0.39, 0.29) is 12.3 Å². The molecule has 0 bridgehead atoms. The molecule has 1 saturated heterocycles. The van der Waals surface area contributed by atoms with Gasteiger partial charge in [-0.05, 0) is 6.92 Å². The van der Waals surface area contributed by atoms with Crippen LogP contribution in [0.3, 0.4) is 0 Å². The average Bonchev–Trinajstić information content (AvgIpc) is 2.04. The lowest BCUT2D eigenvalue weighted by molar-refractivity contribution is -0.151. The lowest BCUT2D eigenvalue weighted by Gasteiger charge is -2.34. The van der Waals surface area contributed by atoms with Gasteiger partial charge < -0.3 is 9.47 Å². The van der Waals surface area contributed by atoms with Crippen LogP contribution in [0.5, 0.6) is 0 Å². The van der Waals surface area contributed by atoms with Crippen LogP contribution in [0.2, 0.25) is 0 Å². The summed E-state index contributed by atoms with van der Waals surface area (Å²) in [6.45, 7) is 3.36. The molecular weight excluding hydrogens is 144 g/mol. The van der Waals surface area contributed by atoms with Crippen LogP contribution >= 0.6 is 0 Å². The SMILES string of the molecule is CC1=NNC2OCCOC2C1. The third kappa shape index (κ3) is 1.36. The predicted octanol–water partition coefficient (Wildman–Crippen LogP) is 0.0971. The molecule has 62 valence electrons. The largest absolute Gasteiger partial charge is 0.371 e. The van der Waals surface area contributed by atoms with E-state index in [1.807, 2.05) is 6.92 Å². The first-order valence-corrected chi connectivity index (χ1v) is 3.88. The average molecular weight is 156 g/mol. The summed E-state index contributed by atoms with van der Waals surface area (Å²) in [6, 6.07) is 0. The summed E-state index contributed by atoms with van der Waals surface area (Å²) in [5, 5.41) is 4.08. The van der Waals surface area contributed by atoms with Crippen molar-refractivity contribution in [2.24, 2.45) is 5.10 Å². The first kappa shape index (κ1) is 7.06. The van der Waals surface area contributed by atoms with Crippen LogP contribution in [0.1, 0.15) is 13.3 Å². The van der Waals surface area contributed by atoms with E-state index in [2.05, 4.69) is 10.5 Å². The minimum absolute atomic E-state index is 0.0209. The molecule has 0 spiro atoms. The fourth-order valence-corrected chi connectivity index (χ4v) is 1.37. The molecule has 2 unspecified atom stereocenters. The third-order valence-corrected chi connectivity index (χ3v) is 1.93.